The summed E-state index contributed by atoms with van der Waals surface area (Å²) in [5.74, 6) is 0.391. The highest BCUT2D eigenvalue weighted by Gasteiger charge is 2.23. The fraction of sp³-hybridized carbons (Fsp3) is 0.357. The Hall–Kier alpha value is -1.61. The Morgan fingerprint density at radius 2 is 2.06 bits per heavy atom. The molecule has 1 aliphatic heterocycles. The molecule has 0 aliphatic carbocycles. The molecular formula is C14H15NO2. The number of aromatic amines is 1. The van der Waals surface area contributed by atoms with E-state index in [1.54, 1.807) is 0 Å². The largest absolute Gasteiger partial charge is 0.381 e. The van der Waals surface area contributed by atoms with E-state index in [1.165, 1.54) is 0 Å². The van der Waals surface area contributed by atoms with Crippen LogP contribution >= 0.6 is 0 Å². The molecule has 88 valence electrons. The number of hydrogen-bond donors (Lipinski definition) is 1. The molecule has 0 amide bonds. The van der Waals surface area contributed by atoms with Gasteiger partial charge in [-0.15, -0.1) is 0 Å². The lowest BCUT2D eigenvalue weighted by Crippen LogP contribution is -2.23. The van der Waals surface area contributed by atoms with E-state index in [9.17, 15) is 4.79 Å². The summed E-state index contributed by atoms with van der Waals surface area (Å²) in [7, 11) is 0. The van der Waals surface area contributed by atoms with Gasteiger partial charge >= 0.3 is 0 Å². The zero-order valence-corrected chi connectivity index (χ0v) is 9.61. The molecule has 1 fully saturated rings. The van der Waals surface area contributed by atoms with Crippen molar-refractivity contribution in [1.29, 1.82) is 0 Å². The minimum absolute atomic E-state index is 0.129. The topological polar surface area (TPSA) is 42.1 Å². The van der Waals surface area contributed by atoms with Crippen LogP contribution in [0.25, 0.3) is 10.9 Å². The third-order valence-electron chi connectivity index (χ3n) is 3.45. The molecule has 2 aromatic rings. The lowest BCUT2D eigenvalue weighted by molar-refractivity contribution is 0.0546. The van der Waals surface area contributed by atoms with Crippen molar-refractivity contribution in [3.8, 4) is 0 Å². The lowest BCUT2D eigenvalue weighted by Gasteiger charge is -2.21. The number of aromatic nitrogens is 1. The average molecular weight is 229 g/mol. The van der Waals surface area contributed by atoms with Gasteiger partial charge in [-0.2, -0.15) is 0 Å². The fourth-order valence-corrected chi connectivity index (χ4v) is 2.48. The first-order chi connectivity index (χ1) is 8.36. The number of ketones is 1. The highest BCUT2D eigenvalue weighted by atomic mass is 16.5. The van der Waals surface area contributed by atoms with Gasteiger partial charge in [0.2, 0.25) is 0 Å². The second kappa shape index (κ2) is 4.34. The molecule has 0 atom stereocenters. The summed E-state index contributed by atoms with van der Waals surface area (Å²) in [5, 5.41) is 1.03. The molecule has 0 bridgehead atoms. The van der Waals surface area contributed by atoms with E-state index in [2.05, 4.69) is 4.98 Å². The predicted octanol–water partition coefficient (Wildman–Crippen LogP) is 2.78. The molecule has 1 saturated heterocycles. The maximum absolute atomic E-state index is 12.4. The quantitative estimate of drug-likeness (QED) is 0.804. The summed E-state index contributed by atoms with van der Waals surface area (Å²) in [6, 6.07) is 7.83. The molecule has 0 saturated carbocycles. The molecule has 17 heavy (non-hydrogen) atoms. The van der Waals surface area contributed by atoms with Gasteiger partial charge in [0.15, 0.2) is 5.78 Å². The number of rotatable bonds is 2. The molecule has 0 unspecified atom stereocenters. The van der Waals surface area contributed by atoms with E-state index in [4.69, 9.17) is 4.74 Å². The maximum atomic E-state index is 12.4. The minimum atomic E-state index is 0.129. The monoisotopic (exact) mass is 229 g/mol. The van der Waals surface area contributed by atoms with Crippen molar-refractivity contribution >= 4 is 16.7 Å². The molecule has 0 radical (unpaired) electrons. The van der Waals surface area contributed by atoms with Gasteiger partial charge in [-0.25, -0.2) is 0 Å². The van der Waals surface area contributed by atoms with Crippen molar-refractivity contribution in [1.82, 2.24) is 4.98 Å². The first-order valence-corrected chi connectivity index (χ1v) is 6.04. The first-order valence-electron chi connectivity index (χ1n) is 6.04. The number of Topliss-reactive ketones (excluding diaryl/α,β-unsaturated/α-hetero) is 1. The highest BCUT2D eigenvalue weighted by Crippen LogP contribution is 2.25. The van der Waals surface area contributed by atoms with Crippen LogP contribution in [-0.2, 0) is 4.74 Å². The van der Waals surface area contributed by atoms with Crippen molar-refractivity contribution in [2.45, 2.75) is 12.8 Å². The van der Waals surface area contributed by atoms with Crippen LogP contribution in [0.5, 0.6) is 0 Å². The van der Waals surface area contributed by atoms with Crippen molar-refractivity contribution in [2.24, 2.45) is 5.92 Å². The normalized spacial score (nSPS) is 17.4. The third kappa shape index (κ3) is 1.87. The van der Waals surface area contributed by atoms with E-state index < -0.39 is 0 Å². The summed E-state index contributed by atoms with van der Waals surface area (Å²) >= 11 is 0. The van der Waals surface area contributed by atoms with E-state index in [0.717, 1.165) is 29.3 Å². The van der Waals surface area contributed by atoms with Gasteiger partial charge in [-0.1, -0.05) is 12.1 Å². The van der Waals surface area contributed by atoms with Gasteiger partial charge in [0.1, 0.15) is 0 Å². The second-order valence-electron chi connectivity index (χ2n) is 4.50. The number of benzene rings is 1. The molecule has 1 N–H and O–H groups in total. The molecule has 1 aliphatic rings. The SMILES string of the molecule is O=C(c1cccc2[nH]ccc12)C1CCOCC1. The maximum Gasteiger partial charge on any atom is 0.166 e. The molecule has 3 heteroatoms. The van der Waals surface area contributed by atoms with Crippen molar-refractivity contribution in [2.75, 3.05) is 13.2 Å². The highest BCUT2D eigenvalue weighted by molar-refractivity contribution is 6.08. The average Bonchev–Trinajstić information content (AvgIpc) is 2.87. The molecule has 1 aromatic carbocycles. The minimum Gasteiger partial charge on any atom is -0.381 e. The lowest BCUT2D eigenvalue weighted by atomic mass is 9.90. The van der Waals surface area contributed by atoms with Gasteiger partial charge in [-0.3, -0.25) is 4.79 Å². The van der Waals surface area contributed by atoms with E-state index in [0.29, 0.717) is 13.2 Å². The molecular weight excluding hydrogens is 214 g/mol. The van der Waals surface area contributed by atoms with Crippen LogP contribution in [-0.4, -0.2) is 24.0 Å². The van der Waals surface area contributed by atoms with Crippen molar-refractivity contribution < 1.29 is 9.53 Å². The summed E-state index contributed by atoms with van der Waals surface area (Å²) in [5.41, 5.74) is 1.87. The van der Waals surface area contributed by atoms with Crippen LogP contribution in [0.2, 0.25) is 0 Å². The zero-order chi connectivity index (χ0) is 11.7. The smallest absolute Gasteiger partial charge is 0.166 e. The number of ether oxygens (including phenoxy) is 1. The molecule has 0 spiro atoms. The number of fused-ring (bicyclic) bond motifs is 1. The number of carbonyl (C=O) groups is 1. The van der Waals surface area contributed by atoms with Gasteiger partial charge in [0.25, 0.3) is 0 Å². The Bertz CT molecular complexity index is 538. The summed E-state index contributed by atoms with van der Waals surface area (Å²) < 4.78 is 5.30. The van der Waals surface area contributed by atoms with Gasteiger partial charge in [0.05, 0.1) is 0 Å². The Labute approximate surface area is 99.8 Å². The van der Waals surface area contributed by atoms with Crippen molar-refractivity contribution in [3.63, 3.8) is 0 Å². The molecule has 2 heterocycles. The Balaban J connectivity index is 1.97. The van der Waals surface area contributed by atoms with Crippen LogP contribution in [0.4, 0.5) is 0 Å². The van der Waals surface area contributed by atoms with E-state index in [-0.39, 0.29) is 11.7 Å². The van der Waals surface area contributed by atoms with E-state index in [1.807, 2.05) is 30.5 Å². The number of H-pyrrole nitrogens is 1. The van der Waals surface area contributed by atoms with Crippen LogP contribution in [0, 0.1) is 5.92 Å². The Morgan fingerprint density at radius 3 is 2.88 bits per heavy atom. The first kappa shape index (κ1) is 10.5. The molecule has 1 aromatic heterocycles. The zero-order valence-electron chi connectivity index (χ0n) is 9.61. The van der Waals surface area contributed by atoms with Crippen LogP contribution in [0.3, 0.4) is 0 Å². The predicted molar refractivity (Wildman–Crippen MR) is 66.2 cm³/mol. The number of carbonyl (C=O) groups excluding carboxylic acids is 1. The molecule has 3 nitrogen and oxygen atoms in total. The van der Waals surface area contributed by atoms with Crippen LogP contribution in [0.1, 0.15) is 23.2 Å². The Kier molecular flexibility index (Phi) is 2.69. The van der Waals surface area contributed by atoms with Gasteiger partial charge < -0.3 is 9.72 Å². The summed E-state index contributed by atoms with van der Waals surface area (Å²) in [4.78, 5) is 15.6. The molecule has 3 rings (SSSR count). The summed E-state index contributed by atoms with van der Waals surface area (Å²) in [6.07, 6.45) is 3.57. The van der Waals surface area contributed by atoms with Crippen LogP contribution < -0.4 is 0 Å². The number of hydrogen-bond acceptors (Lipinski definition) is 2. The van der Waals surface area contributed by atoms with Gasteiger partial charge in [0, 0.05) is 41.8 Å². The van der Waals surface area contributed by atoms with Gasteiger partial charge in [-0.05, 0) is 25.0 Å². The number of nitrogens with one attached hydrogen (secondary N) is 1. The van der Waals surface area contributed by atoms with Crippen LogP contribution in [0.15, 0.2) is 30.5 Å². The van der Waals surface area contributed by atoms with Crippen molar-refractivity contribution in [3.05, 3.63) is 36.0 Å². The summed E-state index contributed by atoms with van der Waals surface area (Å²) in [6.45, 7) is 1.42. The Morgan fingerprint density at radius 1 is 1.24 bits per heavy atom. The van der Waals surface area contributed by atoms with E-state index >= 15 is 0 Å². The standard InChI is InChI=1S/C14H15NO2/c16-14(10-5-8-17-9-6-10)12-2-1-3-13-11(12)4-7-15-13/h1-4,7,10,15H,5-6,8-9H2. The third-order valence-corrected chi connectivity index (χ3v) is 3.45. The fourth-order valence-electron chi connectivity index (χ4n) is 2.48. The second-order valence-corrected chi connectivity index (χ2v) is 4.50.